The van der Waals surface area contributed by atoms with Gasteiger partial charge in [0.2, 0.25) is 5.91 Å². The maximum atomic E-state index is 11.6. The van der Waals surface area contributed by atoms with Crippen LogP contribution in [0.4, 0.5) is 4.79 Å². The SMILES string of the molecule is C[Si](C)(C)CCOC(=O)NC1CCC(C(N)=O)CC1. The topological polar surface area (TPSA) is 81.4 Å². The molecule has 5 nitrogen and oxygen atoms in total. The molecular formula is C13H26N2O3Si. The van der Waals surface area contributed by atoms with Gasteiger partial charge in [0.15, 0.2) is 0 Å². The average molecular weight is 286 g/mol. The zero-order valence-corrected chi connectivity index (χ0v) is 13.2. The second-order valence-corrected chi connectivity index (χ2v) is 12.2. The quantitative estimate of drug-likeness (QED) is 0.759. The van der Waals surface area contributed by atoms with Crippen molar-refractivity contribution in [2.45, 2.75) is 57.4 Å². The van der Waals surface area contributed by atoms with Crippen LogP contribution in [0.15, 0.2) is 0 Å². The van der Waals surface area contributed by atoms with E-state index in [0.29, 0.717) is 6.61 Å². The minimum atomic E-state index is -1.15. The van der Waals surface area contributed by atoms with Crippen LogP contribution in [0.25, 0.3) is 0 Å². The van der Waals surface area contributed by atoms with E-state index < -0.39 is 8.07 Å². The number of hydrogen-bond acceptors (Lipinski definition) is 3. The lowest BCUT2D eigenvalue weighted by atomic mass is 9.86. The first-order chi connectivity index (χ1) is 8.78. The number of alkyl carbamates (subject to hydrolysis) is 1. The monoisotopic (exact) mass is 286 g/mol. The van der Waals surface area contributed by atoms with Gasteiger partial charge in [-0.1, -0.05) is 19.6 Å². The summed E-state index contributed by atoms with van der Waals surface area (Å²) >= 11 is 0. The van der Waals surface area contributed by atoms with Crippen molar-refractivity contribution in [1.82, 2.24) is 5.32 Å². The van der Waals surface area contributed by atoms with Crippen LogP contribution in [-0.2, 0) is 9.53 Å². The van der Waals surface area contributed by atoms with Crippen molar-refractivity contribution in [2.75, 3.05) is 6.61 Å². The minimum Gasteiger partial charge on any atom is -0.450 e. The fraction of sp³-hybridized carbons (Fsp3) is 0.846. The first kappa shape index (κ1) is 16.0. The van der Waals surface area contributed by atoms with E-state index in [0.717, 1.165) is 31.7 Å². The summed E-state index contributed by atoms with van der Waals surface area (Å²) in [6.07, 6.45) is 2.79. The molecule has 0 radical (unpaired) electrons. The summed E-state index contributed by atoms with van der Waals surface area (Å²) in [7, 11) is -1.15. The zero-order chi connectivity index (χ0) is 14.5. The summed E-state index contributed by atoms with van der Waals surface area (Å²) in [5.74, 6) is -0.253. The number of hydrogen-bond donors (Lipinski definition) is 2. The van der Waals surface area contributed by atoms with Crippen molar-refractivity contribution < 1.29 is 14.3 Å². The smallest absolute Gasteiger partial charge is 0.407 e. The second-order valence-electron chi connectivity index (χ2n) is 6.54. The highest BCUT2D eigenvalue weighted by atomic mass is 28.3. The van der Waals surface area contributed by atoms with Crippen molar-refractivity contribution in [3.63, 3.8) is 0 Å². The van der Waals surface area contributed by atoms with Crippen LogP contribution in [0.5, 0.6) is 0 Å². The number of primary amides is 1. The number of amides is 2. The molecule has 0 aromatic heterocycles. The van der Waals surface area contributed by atoms with E-state index in [1.807, 2.05) is 0 Å². The summed E-state index contributed by atoms with van der Waals surface area (Å²) < 4.78 is 5.19. The van der Waals surface area contributed by atoms with Gasteiger partial charge in [-0.05, 0) is 31.7 Å². The Balaban J connectivity index is 2.18. The Hall–Kier alpha value is -1.04. The molecule has 0 unspecified atom stereocenters. The Morgan fingerprint density at radius 1 is 1.21 bits per heavy atom. The number of rotatable bonds is 5. The van der Waals surface area contributed by atoms with Gasteiger partial charge >= 0.3 is 6.09 Å². The molecule has 0 bridgehead atoms. The predicted octanol–water partition coefficient (Wildman–Crippen LogP) is 2.09. The molecule has 3 N–H and O–H groups in total. The van der Waals surface area contributed by atoms with Gasteiger partial charge in [-0.3, -0.25) is 4.79 Å². The highest BCUT2D eigenvalue weighted by Gasteiger charge is 2.25. The Morgan fingerprint density at radius 2 is 1.79 bits per heavy atom. The van der Waals surface area contributed by atoms with E-state index in [4.69, 9.17) is 10.5 Å². The molecule has 0 heterocycles. The van der Waals surface area contributed by atoms with Crippen LogP contribution in [0.2, 0.25) is 25.7 Å². The molecule has 110 valence electrons. The molecule has 0 atom stereocenters. The minimum absolute atomic E-state index is 0.0269. The summed E-state index contributed by atoms with van der Waals surface area (Å²) in [6, 6.07) is 1.10. The molecular weight excluding hydrogens is 260 g/mol. The maximum absolute atomic E-state index is 11.6. The normalized spacial score (nSPS) is 23.7. The molecule has 1 saturated carbocycles. The van der Waals surface area contributed by atoms with E-state index >= 15 is 0 Å². The lowest BCUT2D eigenvalue weighted by molar-refractivity contribution is -0.122. The molecule has 1 rings (SSSR count). The van der Waals surface area contributed by atoms with Gasteiger partial charge in [0.05, 0.1) is 6.61 Å². The van der Waals surface area contributed by atoms with E-state index in [9.17, 15) is 9.59 Å². The number of nitrogens with two attached hydrogens (primary N) is 1. The average Bonchev–Trinajstić information content (AvgIpc) is 2.27. The summed E-state index contributed by atoms with van der Waals surface area (Å²) in [5, 5.41) is 2.87. The van der Waals surface area contributed by atoms with Gasteiger partial charge < -0.3 is 15.8 Å². The molecule has 2 amide bonds. The number of nitrogens with one attached hydrogen (secondary N) is 1. The molecule has 1 fully saturated rings. The van der Waals surface area contributed by atoms with Crippen LogP contribution >= 0.6 is 0 Å². The molecule has 1 aliphatic rings. The summed E-state index contributed by atoms with van der Waals surface area (Å²) in [4.78, 5) is 22.6. The lowest BCUT2D eigenvalue weighted by Gasteiger charge is -2.27. The third kappa shape index (κ3) is 6.61. The molecule has 0 saturated heterocycles. The van der Waals surface area contributed by atoms with Crippen LogP contribution in [-0.4, -0.2) is 32.7 Å². The van der Waals surface area contributed by atoms with Crippen molar-refractivity contribution in [3.8, 4) is 0 Å². The first-order valence-electron chi connectivity index (χ1n) is 7.00. The van der Waals surface area contributed by atoms with Gasteiger partial charge in [0, 0.05) is 20.0 Å². The van der Waals surface area contributed by atoms with E-state index in [2.05, 4.69) is 25.0 Å². The standard InChI is InChI=1S/C13H26N2O3Si/c1-19(2,3)9-8-18-13(17)15-11-6-4-10(5-7-11)12(14)16/h10-11H,4-9H2,1-3H3,(H2,14,16)(H,15,17). The molecule has 19 heavy (non-hydrogen) atoms. The molecule has 0 aliphatic heterocycles. The molecule has 0 spiro atoms. The highest BCUT2D eigenvalue weighted by molar-refractivity contribution is 6.76. The lowest BCUT2D eigenvalue weighted by Crippen LogP contribution is -2.40. The molecule has 6 heteroatoms. The van der Waals surface area contributed by atoms with Crippen LogP contribution in [0.3, 0.4) is 0 Å². The largest absolute Gasteiger partial charge is 0.450 e. The zero-order valence-electron chi connectivity index (χ0n) is 12.2. The fourth-order valence-corrected chi connectivity index (χ4v) is 2.89. The van der Waals surface area contributed by atoms with E-state index in [1.54, 1.807) is 0 Å². The van der Waals surface area contributed by atoms with Crippen molar-refractivity contribution >= 4 is 20.1 Å². The summed E-state index contributed by atoms with van der Waals surface area (Å²) in [5.41, 5.74) is 5.27. The van der Waals surface area contributed by atoms with E-state index in [-0.39, 0.29) is 24.0 Å². The third-order valence-electron chi connectivity index (χ3n) is 3.54. The van der Waals surface area contributed by atoms with Gasteiger partial charge in [0.25, 0.3) is 0 Å². The molecule has 0 aromatic rings. The van der Waals surface area contributed by atoms with Crippen LogP contribution in [0, 0.1) is 5.92 Å². The van der Waals surface area contributed by atoms with Gasteiger partial charge in [-0.15, -0.1) is 0 Å². The predicted molar refractivity (Wildman–Crippen MR) is 77.6 cm³/mol. The van der Waals surface area contributed by atoms with Crippen molar-refractivity contribution in [1.29, 1.82) is 0 Å². The van der Waals surface area contributed by atoms with Crippen molar-refractivity contribution in [2.24, 2.45) is 11.7 Å². The maximum Gasteiger partial charge on any atom is 0.407 e. The number of carbonyl (C=O) groups excluding carboxylic acids is 2. The van der Waals surface area contributed by atoms with E-state index in [1.165, 1.54) is 0 Å². The van der Waals surface area contributed by atoms with Gasteiger partial charge in [-0.2, -0.15) is 0 Å². The Kier molecular flexibility index (Phi) is 5.84. The van der Waals surface area contributed by atoms with Crippen LogP contribution < -0.4 is 11.1 Å². The Bertz CT molecular complexity index is 320. The highest BCUT2D eigenvalue weighted by Crippen LogP contribution is 2.23. The number of carbonyl (C=O) groups is 2. The summed E-state index contributed by atoms with van der Waals surface area (Å²) in [6.45, 7) is 7.25. The van der Waals surface area contributed by atoms with Crippen LogP contribution in [0.1, 0.15) is 25.7 Å². The second kappa shape index (κ2) is 6.93. The number of ether oxygens (including phenoxy) is 1. The van der Waals surface area contributed by atoms with Gasteiger partial charge in [-0.25, -0.2) is 4.79 Å². The molecule has 1 aliphatic carbocycles. The Morgan fingerprint density at radius 3 is 2.26 bits per heavy atom. The third-order valence-corrected chi connectivity index (χ3v) is 5.24. The molecule has 0 aromatic carbocycles. The van der Waals surface area contributed by atoms with Gasteiger partial charge in [0.1, 0.15) is 0 Å². The first-order valence-corrected chi connectivity index (χ1v) is 10.7. The van der Waals surface area contributed by atoms with Crippen molar-refractivity contribution in [3.05, 3.63) is 0 Å². The fourth-order valence-electron chi connectivity index (χ4n) is 2.18. The Labute approximate surface area is 116 Å².